The predicted octanol–water partition coefficient (Wildman–Crippen LogP) is 3.81. The van der Waals surface area contributed by atoms with Crippen LogP contribution in [0.2, 0.25) is 0 Å². The molecule has 4 rings (SSSR count). The molecule has 2 heterocycles. The van der Waals surface area contributed by atoms with Crippen molar-refractivity contribution in [3.63, 3.8) is 0 Å². The number of hydrogen-bond donors (Lipinski definition) is 1. The van der Waals surface area contributed by atoms with Crippen LogP contribution in [0.15, 0.2) is 41.6 Å². The van der Waals surface area contributed by atoms with Crippen molar-refractivity contribution >= 4 is 11.8 Å². The van der Waals surface area contributed by atoms with Gasteiger partial charge in [-0.1, -0.05) is 23.9 Å². The molecule has 3 aromatic rings. The Balaban J connectivity index is 1.57. The fraction of sp³-hybridized carbons (Fsp3) is 0.300. The number of benzene rings is 2. The zero-order valence-electron chi connectivity index (χ0n) is 15.7. The SMILES string of the molecule is CCOc1cc2c(cc1CSc1nnc(-c3ccccc3F)n1N)OC(C)C2. The third-order valence-corrected chi connectivity index (χ3v) is 5.51. The molecule has 0 aliphatic carbocycles. The molecule has 0 spiro atoms. The predicted molar refractivity (Wildman–Crippen MR) is 107 cm³/mol. The standard InChI is InChI=1S/C20H21FN4O2S/c1-3-26-17-9-13-8-12(2)27-18(13)10-14(17)11-28-20-24-23-19(25(20)22)15-6-4-5-7-16(15)21/h4-7,9-10,12H,3,8,11,22H2,1-2H3. The zero-order valence-corrected chi connectivity index (χ0v) is 16.5. The van der Waals surface area contributed by atoms with Gasteiger partial charge in [0.05, 0.1) is 12.2 Å². The van der Waals surface area contributed by atoms with E-state index in [1.54, 1.807) is 18.2 Å². The first-order valence-corrected chi connectivity index (χ1v) is 10.1. The minimum atomic E-state index is -0.387. The number of thioether (sulfide) groups is 1. The first-order valence-electron chi connectivity index (χ1n) is 9.10. The quantitative estimate of drug-likeness (QED) is 0.501. The summed E-state index contributed by atoms with van der Waals surface area (Å²) >= 11 is 1.41. The second kappa shape index (κ2) is 7.71. The van der Waals surface area contributed by atoms with Crippen molar-refractivity contribution in [3.05, 3.63) is 53.3 Å². The molecule has 0 saturated carbocycles. The summed E-state index contributed by atoms with van der Waals surface area (Å²) in [5.41, 5.74) is 2.47. The Kier molecular flexibility index (Phi) is 5.13. The Labute approximate surface area is 166 Å². The van der Waals surface area contributed by atoms with Gasteiger partial charge in [0.15, 0.2) is 5.82 Å². The summed E-state index contributed by atoms with van der Waals surface area (Å²) in [6.07, 6.45) is 1.05. The molecule has 0 amide bonds. The average molecular weight is 400 g/mol. The van der Waals surface area contributed by atoms with E-state index < -0.39 is 0 Å². The number of ether oxygens (including phenoxy) is 2. The highest BCUT2D eigenvalue weighted by molar-refractivity contribution is 7.98. The Bertz CT molecular complexity index is 1010. The van der Waals surface area contributed by atoms with E-state index in [1.165, 1.54) is 22.5 Å². The van der Waals surface area contributed by atoms with E-state index in [-0.39, 0.29) is 17.7 Å². The Hall–Kier alpha value is -2.74. The monoisotopic (exact) mass is 400 g/mol. The molecule has 1 aliphatic heterocycles. The largest absolute Gasteiger partial charge is 0.494 e. The van der Waals surface area contributed by atoms with E-state index in [1.807, 2.05) is 13.0 Å². The summed E-state index contributed by atoms with van der Waals surface area (Å²) in [6.45, 7) is 4.59. The Morgan fingerprint density at radius 3 is 2.93 bits per heavy atom. The van der Waals surface area contributed by atoms with Gasteiger partial charge in [0, 0.05) is 23.3 Å². The van der Waals surface area contributed by atoms with Gasteiger partial charge in [0.25, 0.3) is 0 Å². The molecule has 146 valence electrons. The van der Waals surface area contributed by atoms with Gasteiger partial charge in [-0.05, 0) is 38.1 Å². The fourth-order valence-corrected chi connectivity index (χ4v) is 4.06. The number of rotatable bonds is 6. The highest BCUT2D eigenvalue weighted by atomic mass is 32.2. The Morgan fingerprint density at radius 1 is 1.32 bits per heavy atom. The number of halogens is 1. The maximum Gasteiger partial charge on any atom is 0.210 e. The van der Waals surface area contributed by atoms with Crippen molar-refractivity contribution in [2.75, 3.05) is 12.4 Å². The highest BCUT2D eigenvalue weighted by Crippen LogP contribution is 2.37. The van der Waals surface area contributed by atoms with Crippen LogP contribution < -0.4 is 15.3 Å². The van der Waals surface area contributed by atoms with Gasteiger partial charge in [0.2, 0.25) is 5.16 Å². The molecule has 0 radical (unpaired) electrons. The second-order valence-electron chi connectivity index (χ2n) is 6.58. The van der Waals surface area contributed by atoms with Gasteiger partial charge < -0.3 is 15.3 Å². The number of nitrogens with zero attached hydrogens (tertiary/aromatic N) is 3. The molecule has 28 heavy (non-hydrogen) atoms. The molecule has 1 atom stereocenters. The van der Waals surface area contributed by atoms with Crippen LogP contribution >= 0.6 is 11.8 Å². The molecule has 2 N–H and O–H groups in total. The van der Waals surface area contributed by atoms with Crippen LogP contribution in [0.3, 0.4) is 0 Å². The summed E-state index contributed by atoms with van der Waals surface area (Å²) in [7, 11) is 0. The summed E-state index contributed by atoms with van der Waals surface area (Å²) < 4.78 is 27.0. The van der Waals surface area contributed by atoms with Gasteiger partial charge >= 0.3 is 0 Å². The number of nitrogen functional groups attached to an aromatic ring is 1. The van der Waals surface area contributed by atoms with E-state index >= 15 is 0 Å². The van der Waals surface area contributed by atoms with Gasteiger partial charge in [-0.3, -0.25) is 0 Å². The smallest absolute Gasteiger partial charge is 0.210 e. The maximum atomic E-state index is 14.0. The molecule has 1 aromatic heterocycles. The Morgan fingerprint density at radius 2 is 2.14 bits per heavy atom. The molecule has 2 aromatic carbocycles. The summed E-state index contributed by atoms with van der Waals surface area (Å²) in [5.74, 6) is 8.33. The van der Waals surface area contributed by atoms with Gasteiger partial charge in [-0.15, -0.1) is 10.2 Å². The van der Waals surface area contributed by atoms with Crippen LogP contribution in [-0.2, 0) is 12.2 Å². The van der Waals surface area contributed by atoms with E-state index in [0.717, 1.165) is 29.0 Å². The van der Waals surface area contributed by atoms with Crippen LogP contribution in [-0.4, -0.2) is 27.6 Å². The lowest BCUT2D eigenvalue weighted by atomic mass is 10.1. The topological polar surface area (TPSA) is 75.2 Å². The summed E-state index contributed by atoms with van der Waals surface area (Å²) in [4.78, 5) is 0. The van der Waals surface area contributed by atoms with Crippen LogP contribution in [0.5, 0.6) is 11.5 Å². The summed E-state index contributed by atoms with van der Waals surface area (Å²) in [5, 5.41) is 8.67. The van der Waals surface area contributed by atoms with Crippen LogP contribution in [0.4, 0.5) is 4.39 Å². The normalized spacial score (nSPS) is 15.3. The van der Waals surface area contributed by atoms with Crippen molar-refractivity contribution in [1.82, 2.24) is 14.9 Å². The number of nitrogens with two attached hydrogens (primary N) is 1. The van der Waals surface area contributed by atoms with Crippen molar-refractivity contribution in [2.24, 2.45) is 0 Å². The van der Waals surface area contributed by atoms with Crippen molar-refractivity contribution in [3.8, 4) is 22.9 Å². The first kappa shape index (κ1) is 18.6. The van der Waals surface area contributed by atoms with Crippen LogP contribution in [0.25, 0.3) is 11.4 Å². The fourth-order valence-electron chi connectivity index (χ4n) is 3.23. The molecule has 1 aliphatic rings. The lowest BCUT2D eigenvalue weighted by molar-refractivity contribution is 0.254. The first-order chi connectivity index (χ1) is 13.6. The summed E-state index contributed by atoms with van der Waals surface area (Å²) in [6, 6.07) is 10.4. The van der Waals surface area contributed by atoms with Gasteiger partial charge in [0.1, 0.15) is 23.4 Å². The molecule has 8 heteroatoms. The third kappa shape index (κ3) is 3.52. The molecular formula is C20H21FN4O2S. The minimum absolute atomic E-state index is 0.169. The van der Waals surface area contributed by atoms with Gasteiger partial charge in [-0.25, -0.2) is 9.07 Å². The lowest BCUT2D eigenvalue weighted by Gasteiger charge is -2.12. The molecule has 0 saturated heterocycles. The molecule has 1 unspecified atom stereocenters. The highest BCUT2D eigenvalue weighted by Gasteiger charge is 2.22. The van der Waals surface area contributed by atoms with Crippen molar-refractivity contribution < 1.29 is 13.9 Å². The van der Waals surface area contributed by atoms with Crippen LogP contribution in [0.1, 0.15) is 25.0 Å². The van der Waals surface area contributed by atoms with Crippen molar-refractivity contribution in [2.45, 2.75) is 37.3 Å². The van der Waals surface area contributed by atoms with Gasteiger partial charge in [-0.2, -0.15) is 0 Å². The minimum Gasteiger partial charge on any atom is -0.494 e. The van der Waals surface area contributed by atoms with E-state index in [2.05, 4.69) is 23.2 Å². The van der Waals surface area contributed by atoms with E-state index in [4.69, 9.17) is 15.3 Å². The maximum absolute atomic E-state index is 14.0. The molecular weight excluding hydrogens is 379 g/mol. The number of fused-ring (bicyclic) bond motifs is 1. The zero-order chi connectivity index (χ0) is 19.7. The molecule has 6 nitrogen and oxygen atoms in total. The molecule has 0 fully saturated rings. The lowest BCUT2D eigenvalue weighted by Crippen LogP contribution is -2.12. The number of aromatic nitrogens is 3. The second-order valence-corrected chi connectivity index (χ2v) is 7.52. The van der Waals surface area contributed by atoms with Crippen LogP contribution in [0, 0.1) is 5.82 Å². The number of hydrogen-bond acceptors (Lipinski definition) is 6. The van der Waals surface area contributed by atoms with Crippen molar-refractivity contribution in [1.29, 1.82) is 0 Å². The molecule has 0 bridgehead atoms. The van der Waals surface area contributed by atoms with E-state index in [9.17, 15) is 4.39 Å². The third-order valence-electron chi connectivity index (χ3n) is 4.52. The van der Waals surface area contributed by atoms with E-state index in [0.29, 0.717) is 23.1 Å². The average Bonchev–Trinajstić information content (AvgIpc) is 3.22.